The highest BCUT2D eigenvalue weighted by molar-refractivity contribution is 6.38. The molecule has 4 heteroatoms. The quantitative estimate of drug-likeness (QED) is 0.445. The van der Waals surface area contributed by atoms with Gasteiger partial charge in [-0.05, 0) is 42.2 Å². The zero-order valence-corrected chi connectivity index (χ0v) is 16.3. The second kappa shape index (κ2) is 6.86. The summed E-state index contributed by atoms with van der Waals surface area (Å²) in [4.78, 5) is 0. The third-order valence-electron chi connectivity index (χ3n) is 4.08. The fourth-order valence-electron chi connectivity index (χ4n) is 2.74. The van der Waals surface area contributed by atoms with E-state index in [1.165, 1.54) is 5.56 Å². The molecule has 0 radical (unpaired) electrons. The molecule has 0 aliphatic carbocycles. The van der Waals surface area contributed by atoms with Crippen molar-refractivity contribution < 1.29 is 9.15 Å². The number of hydrogen-bond acceptors (Lipinski definition) is 1. The van der Waals surface area contributed by atoms with Crippen LogP contribution in [0.15, 0.2) is 46.9 Å². The highest BCUT2D eigenvalue weighted by Gasteiger charge is 2.24. The Labute approximate surface area is 158 Å². The van der Waals surface area contributed by atoms with Gasteiger partial charge in [0.1, 0.15) is 16.2 Å². The van der Waals surface area contributed by atoms with Crippen LogP contribution >= 0.6 is 23.2 Å². The molecule has 0 N–H and O–H groups in total. The van der Waals surface area contributed by atoms with Crippen LogP contribution in [0.1, 0.15) is 33.3 Å². The summed E-state index contributed by atoms with van der Waals surface area (Å²) in [5.74, 6) is 1.42. The van der Waals surface area contributed by atoms with E-state index < -0.39 is 0 Å². The highest BCUT2D eigenvalue weighted by atomic mass is 35.5. The smallest absolute Gasteiger partial charge is 0.383 e. The lowest BCUT2D eigenvalue weighted by atomic mass is 9.86. The third kappa shape index (κ3) is 3.75. The number of halogens is 2. The zero-order chi connectivity index (χ0) is 18.2. The van der Waals surface area contributed by atoms with Crippen LogP contribution in [0.2, 0.25) is 10.0 Å². The molecule has 0 fully saturated rings. The molecule has 2 aromatic carbocycles. The first-order valence-corrected chi connectivity index (χ1v) is 9.05. The van der Waals surface area contributed by atoms with Gasteiger partial charge in [-0.1, -0.05) is 56.1 Å². The lowest BCUT2D eigenvalue weighted by Gasteiger charge is -2.18. The topological polar surface area (TPSA) is 20.5 Å². The molecule has 1 heterocycles. The number of benzene rings is 2. The molecule has 0 aliphatic rings. The van der Waals surface area contributed by atoms with E-state index in [9.17, 15) is 0 Å². The highest BCUT2D eigenvalue weighted by Crippen LogP contribution is 2.38. The third-order valence-corrected chi connectivity index (χ3v) is 4.58. The molecular weight excluding hydrogens is 355 g/mol. The van der Waals surface area contributed by atoms with Crippen molar-refractivity contribution >= 4 is 34.2 Å². The van der Waals surface area contributed by atoms with Gasteiger partial charge in [-0.2, -0.15) is 0 Å². The summed E-state index contributed by atoms with van der Waals surface area (Å²) in [6, 6.07) is 13.7. The van der Waals surface area contributed by atoms with E-state index in [0.29, 0.717) is 33.7 Å². The lowest BCUT2D eigenvalue weighted by molar-refractivity contribution is 0.342. The van der Waals surface area contributed by atoms with E-state index in [1.54, 1.807) is 6.07 Å². The number of ether oxygens (including phenoxy) is 1. The Morgan fingerprint density at radius 1 is 1.00 bits per heavy atom. The number of hydrogen-bond donors (Lipinski definition) is 0. The molecule has 0 atom stereocenters. The molecule has 2 nitrogen and oxygen atoms in total. The second-order valence-electron chi connectivity index (χ2n) is 7.00. The fourth-order valence-corrected chi connectivity index (χ4v) is 3.27. The molecule has 0 saturated heterocycles. The van der Waals surface area contributed by atoms with E-state index in [2.05, 4.69) is 45.0 Å². The van der Waals surface area contributed by atoms with Crippen LogP contribution < -0.4 is 4.74 Å². The van der Waals surface area contributed by atoms with Crippen LogP contribution in [-0.2, 0) is 5.41 Å². The van der Waals surface area contributed by atoms with Gasteiger partial charge in [0.25, 0.3) is 0 Å². The maximum atomic E-state index is 6.35. The Hall–Kier alpha value is -1.77. The zero-order valence-electron chi connectivity index (χ0n) is 14.8. The second-order valence-corrected chi connectivity index (χ2v) is 7.84. The Morgan fingerprint density at radius 2 is 1.68 bits per heavy atom. The van der Waals surface area contributed by atoms with Gasteiger partial charge in [-0.3, -0.25) is 0 Å². The number of rotatable bonds is 3. The molecule has 0 aliphatic heterocycles. The van der Waals surface area contributed by atoms with Crippen molar-refractivity contribution in [1.82, 2.24) is 0 Å². The van der Waals surface area contributed by atoms with Crippen molar-refractivity contribution in [1.29, 1.82) is 0 Å². The first-order valence-electron chi connectivity index (χ1n) is 8.29. The molecule has 3 rings (SSSR count). The van der Waals surface area contributed by atoms with Crippen molar-refractivity contribution in [2.75, 3.05) is 6.61 Å². The van der Waals surface area contributed by atoms with E-state index in [-0.39, 0.29) is 5.41 Å². The van der Waals surface area contributed by atoms with E-state index in [4.69, 9.17) is 32.4 Å². The first-order chi connectivity index (χ1) is 11.8. The van der Waals surface area contributed by atoms with Gasteiger partial charge in [0.2, 0.25) is 0 Å². The summed E-state index contributed by atoms with van der Waals surface area (Å²) in [5, 5.41) is 1.79. The van der Waals surface area contributed by atoms with E-state index in [1.807, 2.05) is 19.1 Å². The van der Waals surface area contributed by atoms with Crippen LogP contribution in [0.5, 0.6) is 5.75 Å². The molecule has 0 bridgehead atoms. The maximum absolute atomic E-state index is 6.35. The van der Waals surface area contributed by atoms with Gasteiger partial charge >= 0.3 is 11.3 Å². The van der Waals surface area contributed by atoms with Crippen LogP contribution in [0.25, 0.3) is 22.3 Å². The van der Waals surface area contributed by atoms with Crippen molar-refractivity contribution in [2.24, 2.45) is 0 Å². The lowest BCUT2D eigenvalue weighted by Crippen LogP contribution is -2.10. The monoisotopic (exact) mass is 375 g/mol. The molecule has 0 spiro atoms. The normalized spacial score (nSPS) is 11.8. The van der Waals surface area contributed by atoms with Crippen LogP contribution in [0.4, 0.5) is 0 Å². The minimum atomic E-state index is 0.107. The average Bonchev–Trinajstić information content (AvgIpc) is 2.55. The van der Waals surface area contributed by atoms with Gasteiger partial charge in [-0.15, -0.1) is 0 Å². The Bertz CT molecular complexity index is 910. The van der Waals surface area contributed by atoms with Crippen molar-refractivity contribution in [3.63, 3.8) is 0 Å². The fraction of sp³-hybridized carbons (Fsp3) is 0.286. The van der Waals surface area contributed by atoms with Gasteiger partial charge in [-0.25, -0.2) is 4.42 Å². The molecule has 0 unspecified atom stereocenters. The summed E-state index contributed by atoms with van der Waals surface area (Å²) in [6.45, 7) is 9.07. The summed E-state index contributed by atoms with van der Waals surface area (Å²) in [6.07, 6.45) is 0. The summed E-state index contributed by atoms with van der Waals surface area (Å²) < 4.78 is 11.9. The minimum absolute atomic E-state index is 0.107. The largest absolute Gasteiger partial charge is 0.493 e. The average molecular weight is 376 g/mol. The van der Waals surface area contributed by atoms with Crippen molar-refractivity contribution in [3.8, 4) is 17.1 Å². The Balaban J connectivity index is 2.16. The molecule has 1 aromatic heterocycles. The van der Waals surface area contributed by atoms with Gasteiger partial charge in [0.15, 0.2) is 0 Å². The number of fused-ring (bicyclic) bond motifs is 1. The minimum Gasteiger partial charge on any atom is -0.493 e. The predicted octanol–water partition coefficient (Wildman–Crippen LogP) is 7.38. The molecule has 0 amide bonds. The Kier molecular flexibility index (Phi) is 4.95. The van der Waals surface area contributed by atoms with E-state index in [0.717, 1.165) is 10.9 Å². The molecule has 25 heavy (non-hydrogen) atoms. The van der Waals surface area contributed by atoms with Crippen molar-refractivity contribution in [2.45, 2.75) is 33.1 Å². The molecule has 0 saturated carbocycles. The first kappa shape index (κ1) is 18.0. The van der Waals surface area contributed by atoms with Crippen LogP contribution in [-0.4, -0.2) is 6.61 Å². The molecule has 130 valence electrons. The Morgan fingerprint density at radius 3 is 2.28 bits per heavy atom. The SMILES string of the molecule is CCOc1cc(-c2ccc(C(C)(C)C)cc2)[o+]c2c(Cl)cc(Cl)cc12. The van der Waals surface area contributed by atoms with Crippen LogP contribution in [0, 0.1) is 0 Å². The van der Waals surface area contributed by atoms with Gasteiger partial charge in [0, 0.05) is 5.02 Å². The van der Waals surface area contributed by atoms with Crippen LogP contribution in [0.3, 0.4) is 0 Å². The summed E-state index contributed by atoms with van der Waals surface area (Å²) in [7, 11) is 0. The molecule has 3 aromatic rings. The van der Waals surface area contributed by atoms with Gasteiger partial charge < -0.3 is 4.74 Å². The summed E-state index contributed by atoms with van der Waals surface area (Å²) in [5.41, 5.74) is 2.93. The van der Waals surface area contributed by atoms with E-state index >= 15 is 0 Å². The summed E-state index contributed by atoms with van der Waals surface area (Å²) >= 11 is 12.5. The van der Waals surface area contributed by atoms with Gasteiger partial charge in [0.05, 0.1) is 18.2 Å². The predicted molar refractivity (Wildman–Crippen MR) is 106 cm³/mol. The maximum Gasteiger partial charge on any atom is 0.383 e. The standard InChI is InChI=1S/C21H21Cl2O2/c1-5-24-19-12-18(13-6-8-14(9-7-13)21(2,3)4)25-20-16(19)10-15(22)11-17(20)23/h6-12H,5H2,1-4H3/q+1. The molecular formula is C21H21Cl2O2+. The van der Waals surface area contributed by atoms with Crippen molar-refractivity contribution in [3.05, 3.63) is 58.1 Å².